The van der Waals surface area contributed by atoms with Crippen LogP contribution in [0, 0.1) is 0 Å². The van der Waals surface area contributed by atoms with Crippen LogP contribution in [-0.4, -0.2) is 51.9 Å². The minimum absolute atomic E-state index is 0.0692. The summed E-state index contributed by atoms with van der Waals surface area (Å²) in [6.45, 7) is 1.17. The third-order valence-corrected chi connectivity index (χ3v) is 5.46. The highest BCUT2D eigenvalue weighted by atomic mass is 35.5. The molecule has 2 aromatic heterocycles. The van der Waals surface area contributed by atoms with Crippen molar-refractivity contribution in [3.63, 3.8) is 0 Å². The quantitative estimate of drug-likeness (QED) is 0.620. The molecule has 8 heteroatoms. The molecule has 4 rings (SSSR count). The number of aromatic nitrogens is 3. The van der Waals surface area contributed by atoms with Crippen molar-refractivity contribution in [2.45, 2.75) is 18.9 Å². The molecule has 1 aliphatic heterocycles. The van der Waals surface area contributed by atoms with Crippen LogP contribution >= 0.6 is 11.6 Å². The smallest absolute Gasteiger partial charge is 0.272 e. The number of nitrogens with zero attached hydrogens (tertiary/aromatic N) is 4. The Morgan fingerprint density at radius 1 is 1.23 bits per heavy atom. The molecular weight excluding hydrogens is 404 g/mol. The normalized spacial score (nSPS) is 16.4. The predicted octanol–water partition coefficient (Wildman–Crippen LogP) is 3.83. The second-order valence-electron chi connectivity index (χ2n) is 7.18. The first-order valence-corrected chi connectivity index (χ1v) is 10.2. The van der Waals surface area contributed by atoms with Gasteiger partial charge in [0.15, 0.2) is 0 Å². The molecule has 0 N–H and O–H groups in total. The molecule has 3 heterocycles. The van der Waals surface area contributed by atoms with Gasteiger partial charge in [0.2, 0.25) is 0 Å². The van der Waals surface area contributed by atoms with E-state index in [2.05, 4.69) is 10.1 Å². The van der Waals surface area contributed by atoms with E-state index in [0.29, 0.717) is 35.2 Å². The van der Waals surface area contributed by atoms with Crippen LogP contribution in [-0.2, 0) is 7.05 Å². The van der Waals surface area contributed by atoms with Gasteiger partial charge in [0.25, 0.3) is 5.91 Å². The van der Waals surface area contributed by atoms with Crippen molar-refractivity contribution in [1.29, 1.82) is 0 Å². The molecule has 0 radical (unpaired) electrons. The van der Waals surface area contributed by atoms with E-state index >= 15 is 0 Å². The van der Waals surface area contributed by atoms with Crippen LogP contribution in [0.2, 0.25) is 5.02 Å². The van der Waals surface area contributed by atoms with Gasteiger partial charge in [0.05, 0.1) is 19.3 Å². The van der Waals surface area contributed by atoms with Gasteiger partial charge in [-0.05, 0) is 31.0 Å². The third kappa shape index (κ3) is 4.11. The van der Waals surface area contributed by atoms with Crippen molar-refractivity contribution in [3.8, 4) is 22.8 Å². The number of rotatable bonds is 5. The zero-order chi connectivity index (χ0) is 21.1. The van der Waals surface area contributed by atoms with Crippen molar-refractivity contribution in [2.24, 2.45) is 7.05 Å². The topological polar surface area (TPSA) is 69.5 Å². The minimum atomic E-state index is -0.121. The fraction of sp³-hybridized carbons (Fsp3) is 0.318. The second kappa shape index (κ2) is 8.75. The first-order valence-electron chi connectivity index (χ1n) is 9.79. The van der Waals surface area contributed by atoms with Crippen LogP contribution in [0.15, 0.2) is 48.8 Å². The number of piperidine rings is 1. The van der Waals surface area contributed by atoms with Gasteiger partial charge >= 0.3 is 0 Å². The molecule has 7 nitrogen and oxygen atoms in total. The van der Waals surface area contributed by atoms with E-state index in [4.69, 9.17) is 21.1 Å². The number of halogens is 1. The first-order chi connectivity index (χ1) is 14.6. The van der Waals surface area contributed by atoms with E-state index in [-0.39, 0.29) is 12.0 Å². The summed E-state index contributed by atoms with van der Waals surface area (Å²) >= 11 is 6.15. The molecule has 3 aromatic rings. The van der Waals surface area contributed by atoms with E-state index in [0.717, 1.165) is 24.2 Å². The van der Waals surface area contributed by atoms with Gasteiger partial charge in [-0.15, -0.1) is 0 Å². The maximum absolute atomic E-state index is 13.2. The Morgan fingerprint density at radius 2 is 2.07 bits per heavy atom. The lowest BCUT2D eigenvalue weighted by molar-refractivity contribution is 0.0528. The molecule has 0 saturated carbocycles. The minimum Gasteiger partial charge on any atom is -0.496 e. The van der Waals surface area contributed by atoms with Crippen LogP contribution in [0.1, 0.15) is 23.3 Å². The number of benzene rings is 1. The third-order valence-electron chi connectivity index (χ3n) is 5.18. The van der Waals surface area contributed by atoms with Crippen molar-refractivity contribution in [3.05, 3.63) is 59.5 Å². The van der Waals surface area contributed by atoms with Gasteiger partial charge in [-0.2, -0.15) is 5.10 Å². The first kappa shape index (κ1) is 20.2. The second-order valence-corrected chi connectivity index (χ2v) is 7.59. The summed E-state index contributed by atoms with van der Waals surface area (Å²) < 4.78 is 13.1. The molecule has 1 aliphatic rings. The Labute approximate surface area is 180 Å². The number of likely N-dealkylation sites (tertiary alicyclic amines) is 1. The summed E-state index contributed by atoms with van der Waals surface area (Å²) in [5, 5.41) is 5.00. The lowest BCUT2D eigenvalue weighted by atomic mass is 10.1. The van der Waals surface area contributed by atoms with Crippen molar-refractivity contribution < 1.29 is 14.3 Å². The Balaban J connectivity index is 1.52. The number of carbonyl (C=O) groups excluding carboxylic acids is 1. The van der Waals surface area contributed by atoms with Crippen LogP contribution in [0.3, 0.4) is 0 Å². The van der Waals surface area contributed by atoms with Gasteiger partial charge in [-0.1, -0.05) is 23.7 Å². The lowest BCUT2D eigenvalue weighted by Crippen LogP contribution is -2.44. The number of methoxy groups -OCH3 is 1. The molecule has 1 fully saturated rings. The van der Waals surface area contributed by atoms with E-state index in [9.17, 15) is 4.79 Å². The zero-order valence-corrected chi connectivity index (χ0v) is 17.7. The molecule has 1 atom stereocenters. The van der Waals surface area contributed by atoms with Gasteiger partial charge in [-0.3, -0.25) is 14.5 Å². The van der Waals surface area contributed by atoms with Crippen LogP contribution in [0.4, 0.5) is 0 Å². The van der Waals surface area contributed by atoms with Gasteiger partial charge in [-0.25, -0.2) is 0 Å². The molecule has 1 amide bonds. The van der Waals surface area contributed by atoms with Crippen LogP contribution in [0.25, 0.3) is 11.3 Å². The highest BCUT2D eigenvalue weighted by Crippen LogP contribution is 2.30. The molecule has 1 unspecified atom stereocenters. The summed E-state index contributed by atoms with van der Waals surface area (Å²) in [4.78, 5) is 19.0. The fourth-order valence-corrected chi connectivity index (χ4v) is 3.84. The number of para-hydroxylation sites is 1. The number of hydrogen-bond acceptors (Lipinski definition) is 5. The van der Waals surface area contributed by atoms with Gasteiger partial charge < -0.3 is 14.4 Å². The highest BCUT2D eigenvalue weighted by molar-refractivity contribution is 6.31. The Morgan fingerprint density at radius 3 is 2.87 bits per heavy atom. The number of ether oxygens (including phenoxy) is 2. The fourth-order valence-electron chi connectivity index (χ4n) is 3.67. The largest absolute Gasteiger partial charge is 0.496 e. The van der Waals surface area contributed by atoms with E-state index in [1.54, 1.807) is 37.3 Å². The molecule has 1 saturated heterocycles. The summed E-state index contributed by atoms with van der Waals surface area (Å²) in [5.74, 6) is 1.24. The molecular formula is C22H23ClN4O3. The van der Waals surface area contributed by atoms with Crippen molar-refractivity contribution in [2.75, 3.05) is 20.2 Å². The Hall–Kier alpha value is -3.06. The molecule has 0 spiro atoms. The average molecular weight is 427 g/mol. The summed E-state index contributed by atoms with van der Waals surface area (Å²) in [6, 6.07) is 11.2. The lowest BCUT2D eigenvalue weighted by Gasteiger charge is -2.33. The molecule has 30 heavy (non-hydrogen) atoms. The summed E-state index contributed by atoms with van der Waals surface area (Å²) in [7, 11) is 3.40. The average Bonchev–Trinajstić information content (AvgIpc) is 3.16. The summed E-state index contributed by atoms with van der Waals surface area (Å²) in [5.41, 5.74) is 2.08. The maximum atomic E-state index is 13.2. The molecule has 156 valence electrons. The van der Waals surface area contributed by atoms with Gasteiger partial charge in [0, 0.05) is 37.6 Å². The molecule has 0 bridgehead atoms. The van der Waals surface area contributed by atoms with E-state index < -0.39 is 0 Å². The molecule has 0 aliphatic carbocycles. The SMILES string of the molecule is COc1ccccc1-c1cc(C(=O)N2CCCC(Oc3ccncc3Cl)C2)n(C)n1. The highest BCUT2D eigenvalue weighted by Gasteiger charge is 2.28. The number of hydrogen-bond donors (Lipinski definition) is 0. The Bertz CT molecular complexity index is 1050. The van der Waals surface area contributed by atoms with Crippen molar-refractivity contribution in [1.82, 2.24) is 19.7 Å². The maximum Gasteiger partial charge on any atom is 0.272 e. The number of pyridine rings is 1. The summed E-state index contributed by atoms with van der Waals surface area (Å²) in [6.07, 6.45) is 4.79. The van der Waals surface area contributed by atoms with Crippen LogP contribution < -0.4 is 9.47 Å². The van der Waals surface area contributed by atoms with Gasteiger partial charge in [0.1, 0.15) is 28.3 Å². The zero-order valence-electron chi connectivity index (χ0n) is 16.9. The monoisotopic (exact) mass is 426 g/mol. The number of aryl methyl sites for hydroxylation is 1. The predicted molar refractivity (Wildman–Crippen MR) is 114 cm³/mol. The molecule has 1 aromatic carbocycles. The standard InChI is InChI=1S/C22H23ClN4O3/c1-26-19(12-18(25-26)16-7-3-4-8-20(16)29-2)22(28)27-11-5-6-15(14-27)30-21-9-10-24-13-17(21)23/h3-4,7-10,12-13,15H,5-6,11,14H2,1-2H3. The van der Waals surface area contributed by atoms with Crippen molar-refractivity contribution >= 4 is 17.5 Å². The Kier molecular flexibility index (Phi) is 5.90. The van der Waals surface area contributed by atoms with Crippen LogP contribution in [0.5, 0.6) is 11.5 Å². The van der Waals surface area contributed by atoms with E-state index in [1.807, 2.05) is 35.2 Å². The number of carbonyl (C=O) groups is 1. The van der Waals surface area contributed by atoms with E-state index in [1.165, 1.54) is 0 Å². The number of amides is 1.